The van der Waals surface area contributed by atoms with E-state index in [2.05, 4.69) is 31.9 Å². The topological polar surface area (TPSA) is 9.23 Å². The van der Waals surface area contributed by atoms with Gasteiger partial charge in [-0.05, 0) is 29.8 Å². The van der Waals surface area contributed by atoms with Crippen molar-refractivity contribution in [1.29, 1.82) is 0 Å². The van der Waals surface area contributed by atoms with Crippen LogP contribution in [0.25, 0.3) is 0 Å². The van der Waals surface area contributed by atoms with Crippen LogP contribution >= 0.6 is 31.9 Å². The van der Waals surface area contributed by atoms with E-state index in [0.29, 0.717) is 15.4 Å². The van der Waals surface area contributed by atoms with Crippen LogP contribution in [0.2, 0.25) is 0 Å². The van der Waals surface area contributed by atoms with Gasteiger partial charge in [-0.2, -0.15) is 0 Å². The number of ether oxygens (including phenoxy) is 1. The fraction of sp³-hybridized carbons (Fsp3) is 0.143. The van der Waals surface area contributed by atoms with Crippen LogP contribution in [-0.2, 0) is 11.9 Å². The van der Waals surface area contributed by atoms with Gasteiger partial charge in [0.15, 0.2) is 11.6 Å². The first-order valence-corrected chi connectivity index (χ1v) is 7.42. The van der Waals surface area contributed by atoms with Crippen molar-refractivity contribution in [2.24, 2.45) is 0 Å². The van der Waals surface area contributed by atoms with Gasteiger partial charge in [0.1, 0.15) is 12.4 Å². The normalized spacial score (nSPS) is 10.5. The molecule has 19 heavy (non-hydrogen) atoms. The molecule has 0 saturated carbocycles. The highest BCUT2D eigenvalue weighted by atomic mass is 79.9. The molecule has 2 rings (SSSR count). The van der Waals surface area contributed by atoms with E-state index in [1.54, 1.807) is 24.3 Å². The predicted molar refractivity (Wildman–Crippen MR) is 77.5 cm³/mol. The summed E-state index contributed by atoms with van der Waals surface area (Å²) >= 11 is 6.42. The minimum atomic E-state index is -0.450. The zero-order chi connectivity index (χ0) is 13.8. The molecule has 0 aliphatic carbocycles. The summed E-state index contributed by atoms with van der Waals surface area (Å²) in [6.07, 6.45) is 0. The average Bonchev–Trinajstić information content (AvgIpc) is 2.39. The first-order valence-electron chi connectivity index (χ1n) is 5.51. The van der Waals surface area contributed by atoms with Gasteiger partial charge >= 0.3 is 0 Å². The van der Waals surface area contributed by atoms with Crippen molar-refractivity contribution in [3.63, 3.8) is 0 Å². The van der Waals surface area contributed by atoms with Crippen LogP contribution in [0.4, 0.5) is 8.78 Å². The minimum absolute atomic E-state index is 0.0102. The molecule has 2 aromatic carbocycles. The maximum atomic E-state index is 13.7. The molecule has 0 radical (unpaired) electrons. The molecule has 0 spiro atoms. The second-order valence-corrected chi connectivity index (χ2v) is 5.40. The van der Waals surface area contributed by atoms with E-state index in [4.69, 9.17) is 4.74 Å². The summed E-state index contributed by atoms with van der Waals surface area (Å²) in [6, 6.07) is 9.36. The third-order valence-electron chi connectivity index (χ3n) is 2.55. The van der Waals surface area contributed by atoms with E-state index in [1.807, 2.05) is 0 Å². The van der Waals surface area contributed by atoms with Gasteiger partial charge in [0.25, 0.3) is 0 Å². The summed E-state index contributed by atoms with van der Waals surface area (Å²) in [5, 5.41) is 0.575. The summed E-state index contributed by atoms with van der Waals surface area (Å²) in [5.74, 6) is -0.714. The highest BCUT2D eigenvalue weighted by molar-refractivity contribution is 9.10. The van der Waals surface area contributed by atoms with Crippen LogP contribution < -0.4 is 4.74 Å². The Morgan fingerprint density at radius 3 is 2.42 bits per heavy atom. The van der Waals surface area contributed by atoms with E-state index in [-0.39, 0.29) is 18.2 Å². The van der Waals surface area contributed by atoms with Gasteiger partial charge in [-0.25, -0.2) is 8.78 Å². The Bertz CT molecular complexity index is 588. The molecular formula is C14H10Br2F2O. The Morgan fingerprint density at radius 1 is 1.00 bits per heavy atom. The number of rotatable bonds is 4. The summed E-state index contributed by atoms with van der Waals surface area (Å²) in [4.78, 5) is 0. The van der Waals surface area contributed by atoms with E-state index in [9.17, 15) is 8.78 Å². The first kappa shape index (κ1) is 14.5. The van der Waals surface area contributed by atoms with E-state index < -0.39 is 5.82 Å². The van der Waals surface area contributed by atoms with Crippen LogP contribution in [0.15, 0.2) is 40.9 Å². The molecule has 0 fully saturated rings. The van der Waals surface area contributed by atoms with Crippen LogP contribution in [0.1, 0.15) is 11.1 Å². The third kappa shape index (κ3) is 3.76. The number of alkyl halides is 1. The third-order valence-corrected chi connectivity index (χ3v) is 3.69. The summed E-state index contributed by atoms with van der Waals surface area (Å²) in [5.41, 5.74) is 1.20. The predicted octanol–water partition coefficient (Wildman–Crippen LogP) is 5.20. The quantitative estimate of drug-likeness (QED) is 0.650. The minimum Gasteiger partial charge on any atom is -0.486 e. The van der Waals surface area contributed by atoms with Crippen LogP contribution in [0.5, 0.6) is 5.75 Å². The molecule has 100 valence electrons. The number of halogens is 4. The van der Waals surface area contributed by atoms with Crippen molar-refractivity contribution >= 4 is 31.9 Å². The van der Waals surface area contributed by atoms with Gasteiger partial charge in [0.2, 0.25) is 0 Å². The summed E-state index contributed by atoms with van der Waals surface area (Å²) in [6.45, 7) is -0.0102. The Balaban J connectivity index is 2.10. The fourth-order valence-electron chi connectivity index (χ4n) is 1.54. The largest absolute Gasteiger partial charge is 0.486 e. The lowest BCUT2D eigenvalue weighted by Crippen LogP contribution is -2.00. The van der Waals surface area contributed by atoms with Crippen molar-refractivity contribution in [3.8, 4) is 5.75 Å². The van der Waals surface area contributed by atoms with Gasteiger partial charge in [0.05, 0.1) is 0 Å². The highest BCUT2D eigenvalue weighted by Crippen LogP contribution is 2.22. The van der Waals surface area contributed by atoms with Crippen molar-refractivity contribution in [2.75, 3.05) is 0 Å². The lowest BCUT2D eigenvalue weighted by molar-refractivity contribution is 0.284. The molecule has 0 aliphatic rings. The lowest BCUT2D eigenvalue weighted by atomic mass is 10.2. The number of benzene rings is 2. The Hall–Kier alpha value is -0.940. The molecule has 0 bridgehead atoms. The standard InChI is InChI=1S/C14H10Br2F2O/c15-7-9-1-4-14(13(18)5-9)19-8-10-2-3-11(16)6-12(10)17/h1-6H,7-8H2. The van der Waals surface area contributed by atoms with Crippen molar-refractivity contribution in [3.05, 3.63) is 63.6 Å². The van der Waals surface area contributed by atoms with Gasteiger partial charge < -0.3 is 4.74 Å². The molecule has 0 aromatic heterocycles. The second kappa shape index (κ2) is 6.48. The van der Waals surface area contributed by atoms with Crippen molar-refractivity contribution in [2.45, 2.75) is 11.9 Å². The summed E-state index contributed by atoms with van der Waals surface area (Å²) < 4.78 is 33.2. The molecule has 0 amide bonds. The van der Waals surface area contributed by atoms with Gasteiger partial charge in [-0.1, -0.05) is 44.0 Å². The molecule has 1 nitrogen and oxygen atoms in total. The van der Waals surface area contributed by atoms with Crippen molar-refractivity contribution < 1.29 is 13.5 Å². The molecule has 5 heteroatoms. The molecule has 0 N–H and O–H groups in total. The highest BCUT2D eigenvalue weighted by Gasteiger charge is 2.07. The molecule has 0 aliphatic heterocycles. The van der Waals surface area contributed by atoms with Gasteiger partial charge in [-0.15, -0.1) is 0 Å². The Morgan fingerprint density at radius 2 is 1.79 bits per heavy atom. The molecule has 2 aromatic rings. The van der Waals surface area contributed by atoms with Crippen molar-refractivity contribution in [1.82, 2.24) is 0 Å². The van der Waals surface area contributed by atoms with Crippen LogP contribution in [-0.4, -0.2) is 0 Å². The van der Waals surface area contributed by atoms with Crippen LogP contribution in [0, 0.1) is 11.6 Å². The fourth-order valence-corrected chi connectivity index (χ4v) is 2.22. The Labute approximate surface area is 126 Å². The maximum absolute atomic E-state index is 13.7. The lowest BCUT2D eigenvalue weighted by Gasteiger charge is -2.09. The maximum Gasteiger partial charge on any atom is 0.165 e. The van der Waals surface area contributed by atoms with Gasteiger partial charge in [0, 0.05) is 15.4 Å². The van der Waals surface area contributed by atoms with E-state index in [1.165, 1.54) is 12.1 Å². The molecule has 0 unspecified atom stereocenters. The number of hydrogen-bond donors (Lipinski definition) is 0. The van der Waals surface area contributed by atoms with Gasteiger partial charge in [-0.3, -0.25) is 0 Å². The molecule has 0 heterocycles. The smallest absolute Gasteiger partial charge is 0.165 e. The number of hydrogen-bond acceptors (Lipinski definition) is 1. The van der Waals surface area contributed by atoms with Crippen LogP contribution in [0.3, 0.4) is 0 Å². The Kier molecular flexibility index (Phi) is 4.93. The SMILES string of the molecule is Fc1cc(Br)ccc1COc1ccc(CBr)cc1F. The first-order chi connectivity index (χ1) is 9.10. The average molecular weight is 392 g/mol. The summed E-state index contributed by atoms with van der Waals surface area (Å²) in [7, 11) is 0. The van der Waals surface area contributed by atoms with E-state index >= 15 is 0 Å². The second-order valence-electron chi connectivity index (χ2n) is 3.92. The monoisotopic (exact) mass is 390 g/mol. The zero-order valence-corrected chi connectivity index (χ0v) is 13.0. The zero-order valence-electron chi connectivity index (χ0n) is 9.80. The van der Waals surface area contributed by atoms with E-state index in [0.717, 1.165) is 5.56 Å². The molecule has 0 atom stereocenters. The molecular weight excluding hydrogens is 382 g/mol. The molecule has 0 saturated heterocycles.